The molecule has 3 aliphatic rings. The number of nitrogens with zero attached hydrogens (tertiary/aromatic N) is 4. The number of piperazine rings is 1. The summed E-state index contributed by atoms with van der Waals surface area (Å²) in [5.74, 6) is -0.314. The van der Waals surface area contributed by atoms with Crippen molar-refractivity contribution in [3.8, 4) is 17.2 Å². The van der Waals surface area contributed by atoms with E-state index in [4.69, 9.17) is 14.2 Å². The number of rotatable bonds is 7. The highest BCUT2D eigenvalue weighted by molar-refractivity contribution is 5.93. The van der Waals surface area contributed by atoms with Gasteiger partial charge in [0, 0.05) is 20.1 Å². The van der Waals surface area contributed by atoms with Gasteiger partial charge in [-0.15, -0.1) is 0 Å². The molecule has 0 bridgehead atoms. The summed E-state index contributed by atoms with van der Waals surface area (Å²) in [7, 11) is 3.17. The molecule has 0 aromatic heterocycles. The van der Waals surface area contributed by atoms with Crippen LogP contribution < -0.4 is 19.5 Å². The molecule has 3 heterocycles. The van der Waals surface area contributed by atoms with Gasteiger partial charge in [-0.05, 0) is 35.4 Å². The van der Waals surface area contributed by atoms with Crippen molar-refractivity contribution in [2.45, 2.75) is 31.7 Å². The maximum Gasteiger partial charge on any atom is 0.334 e. The molecule has 206 valence electrons. The molecular weight excluding hydrogens is 510 g/mol. The molecule has 2 aromatic carbocycles. The first-order valence-electron chi connectivity index (χ1n) is 12.4. The van der Waals surface area contributed by atoms with Crippen LogP contribution in [0, 0.1) is 0 Å². The monoisotopic (exact) mass is 539 g/mol. The quantitative estimate of drug-likeness (QED) is 0.524. The molecule has 2 N–H and O–H groups in total. The van der Waals surface area contributed by atoms with Gasteiger partial charge in [-0.1, -0.05) is 18.2 Å². The Kier molecular flexibility index (Phi) is 7.15. The van der Waals surface area contributed by atoms with Crippen molar-refractivity contribution in [2.75, 3.05) is 34.0 Å². The summed E-state index contributed by atoms with van der Waals surface area (Å²) in [4.78, 5) is 54.4. The van der Waals surface area contributed by atoms with Gasteiger partial charge in [0.15, 0.2) is 11.5 Å². The molecule has 39 heavy (non-hydrogen) atoms. The van der Waals surface area contributed by atoms with Crippen LogP contribution in [0.4, 0.5) is 4.79 Å². The summed E-state index contributed by atoms with van der Waals surface area (Å²) >= 11 is 0. The van der Waals surface area contributed by atoms with Gasteiger partial charge in [-0.3, -0.25) is 14.4 Å². The molecule has 0 spiro atoms. The lowest BCUT2D eigenvalue weighted by molar-refractivity contribution is -0.189. The summed E-state index contributed by atoms with van der Waals surface area (Å²) in [6.45, 7) is 0.267. The van der Waals surface area contributed by atoms with Gasteiger partial charge in [0.25, 0.3) is 0 Å². The predicted octanol–water partition coefficient (Wildman–Crippen LogP) is 0.836. The smallest absolute Gasteiger partial charge is 0.334 e. The lowest BCUT2D eigenvalue weighted by Gasteiger charge is -2.54. The minimum absolute atomic E-state index is 0.00453. The molecular formula is C26H29N5O8. The number of hydrazine groups is 1. The Labute approximate surface area is 224 Å². The molecule has 2 saturated heterocycles. The van der Waals surface area contributed by atoms with E-state index in [1.165, 1.54) is 19.8 Å². The van der Waals surface area contributed by atoms with E-state index >= 15 is 0 Å². The van der Waals surface area contributed by atoms with Gasteiger partial charge in [-0.25, -0.2) is 14.8 Å². The minimum atomic E-state index is -1.26. The number of ether oxygens (including phenoxy) is 3. The van der Waals surface area contributed by atoms with E-state index in [9.17, 15) is 24.3 Å². The number of aliphatic carboxylic acids is 1. The Morgan fingerprint density at radius 2 is 1.79 bits per heavy atom. The topological polar surface area (TPSA) is 141 Å². The van der Waals surface area contributed by atoms with Crippen molar-refractivity contribution >= 4 is 23.8 Å². The van der Waals surface area contributed by atoms with Crippen LogP contribution in [-0.2, 0) is 27.5 Å². The van der Waals surface area contributed by atoms with E-state index in [1.54, 1.807) is 44.5 Å². The number of carbonyl (C=O) groups excluding carboxylic acids is 3. The third-order valence-corrected chi connectivity index (χ3v) is 6.93. The number of amides is 4. The van der Waals surface area contributed by atoms with E-state index in [0.29, 0.717) is 17.2 Å². The number of hydrogen-bond donors (Lipinski definition) is 2. The minimum Gasteiger partial charge on any atom is -0.497 e. The summed E-state index contributed by atoms with van der Waals surface area (Å²) in [6.07, 6.45) is -1.48. The number of hydrogen-bond acceptors (Lipinski definition) is 8. The van der Waals surface area contributed by atoms with Crippen molar-refractivity contribution in [3.63, 3.8) is 0 Å². The Morgan fingerprint density at radius 1 is 1.08 bits per heavy atom. The molecule has 0 aliphatic carbocycles. The van der Waals surface area contributed by atoms with Gasteiger partial charge in [0.05, 0.1) is 26.6 Å². The highest BCUT2D eigenvalue weighted by Gasteiger charge is 2.51. The SMILES string of the molecule is COc1ccc(CNC(=O)N2[C@H]3CN(Cc4ccc5c(c4)OCO5)C(=O)[C@H](CC(=O)O)N3C(=O)CN2C)cc1. The lowest BCUT2D eigenvalue weighted by Crippen LogP contribution is -2.76. The Morgan fingerprint density at radius 3 is 2.51 bits per heavy atom. The normalized spacial score (nSPS) is 20.6. The van der Waals surface area contributed by atoms with E-state index in [2.05, 4.69) is 5.32 Å². The number of carbonyl (C=O) groups is 4. The number of methoxy groups -OCH3 is 1. The van der Waals surface area contributed by atoms with Crippen molar-refractivity contribution in [1.82, 2.24) is 25.1 Å². The van der Waals surface area contributed by atoms with E-state index in [0.717, 1.165) is 11.1 Å². The highest BCUT2D eigenvalue weighted by Crippen LogP contribution is 2.34. The first kappa shape index (κ1) is 26.1. The first-order chi connectivity index (χ1) is 18.7. The average molecular weight is 540 g/mol. The van der Waals surface area contributed by atoms with Gasteiger partial charge < -0.3 is 34.4 Å². The zero-order chi connectivity index (χ0) is 27.7. The van der Waals surface area contributed by atoms with Crippen LogP contribution in [-0.4, -0.2) is 95.0 Å². The third kappa shape index (κ3) is 5.25. The van der Waals surface area contributed by atoms with Crippen LogP contribution >= 0.6 is 0 Å². The fourth-order valence-corrected chi connectivity index (χ4v) is 5.07. The molecule has 13 heteroatoms. The molecule has 13 nitrogen and oxygen atoms in total. The van der Waals surface area contributed by atoms with E-state index < -0.39 is 42.4 Å². The maximum absolute atomic E-state index is 13.5. The van der Waals surface area contributed by atoms with Gasteiger partial charge in [-0.2, -0.15) is 0 Å². The molecule has 0 unspecified atom stereocenters. The number of urea groups is 1. The van der Waals surface area contributed by atoms with Crippen molar-refractivity contribution < 1.29 is 38.5 Å². The molecule has 2 fully saturated rings. The number of fused-ring (bicyclic) bond motifs is 2. The lowest BCUT2D eigenvalue weighted by atomic mass is 10.0. The number of benzene rings is 2. The molecule has 0 saturated carbocycles. The summed E-state index contributed by atoms with van der Waals surface area (Å²) in [5.41, 5.74) is 1.57. The van der Waals surface area contributed by atoms with Crippen molar-refractivity contribution in [2.24, 2.45) is 0 Å². The fraction of sp³-hybridized carbons (Fsp3) is 0.385. The molecule has 0 radical (unpaired) electrons. The van der Waals surface area contributed by atoms with E-state index in [-0.39, 0.29) is 33.0 Å². The second kappa shape index (κ2) is 10.7. The van der Waals surface area contributed by atoms with Gasteiger partial charge in [0.2, 0.25) is 18.6 Å². The number of carboxylic acids is 1. The van der Waals surface area contributed by atoms with Crippen LogP contribution in [0.5, 0.6) is 17.2 Å². The first-order valence-corrected chi connectivity index (χ1v) is 12.4. The van der Waals surface area contributed by atoms with Gasteiger partial charge >= 0.3 is 12.0 Å². The number of carboxylic acid groups (broad SMARTS) is 1. The van der Waals surface area contributed by atoms with Crippen molar-refractivity contribution in [3.05, 3.63) is 53.6 Å². The van der Waals surface area contributed by atoms with Crippen LogP contribution in [0.1, 0.15) is 17.5 Å². The number of likely N-dealkylation sites (N-methyl/N-ethyl adjacent to an activating group) is 1. The molecule has 3 aliphatic heterocycles. The second-order valence-electron chi connectivity index (χ2n) is 9.47. The van der Waals surface area contributed by atoms with Gasteiger partial charge in [0.1, 0.15) is 18.0 Å². The summed E-state index contributed by atoms with van der Waals surface area (Å²) in [5, 5.41) is 15.3. The Balaban J connectivity index is 1.39. The highest BCUT2D eigenvalue weighted by atomic mass is 16.7. The van der Waals surface area contributed by atoms with E-state index in [1.807, 2.05) is 12.1 Å². The predicted molar refractivity (Wildman–Crippen MR) is 134 cm³/mol. The van der Waals surface area contributed by atoms with Crippen LogP contribution in [0.3, 0.4) is 0 Å². The Bertz CT molecular complexity index is 1290. The molecule has 2 atom stereocenters. The largest absolute Gasteiger partial charge is 0.497 e. The van der Waals surface area contributed by atoms with Crippen molar-refractivity contribution in [1.29, 1.82) is 0 Å². The number of nitrogens with one attached hydrogen (secondary N) is 1. The third-order valence-electron chi connectivity index (χ3n) is 6.93. The molecule has 2 aromatic rings. The molecule has 5 rings (SSSR count). The van der Waals surface area contributed by atoms with Crippen LogP contribution in [0.15, 0.2) is 42.5 Å². The second-order valence-corrected chi connectivity index (χ2v) is 9.47. The zero-order valence-corrected chi connectivity index (χ0v) is 21.5. The zero-order valence-electron chi connectivity index (χ0n) is 21.5. The summed E-state index contributed by atoms with van der Waals surface area (Å²) in [6, 6.07) is 10.8. The fourth-order valence-electron chi connectivity index (χ4n) is 5.07. The molecule has 4 amide bonds. The average Bonchev–Trinajstić information content (AvgIpc) is 3.37. The standard InChI is InChI=1S/C26H29N5O8/c1-28-14-23(32)30-19(10-24(33)34)25(35)29(12-17-5-8-20-21(9-17)39-15-38-20)13-22(30)31(28)26(36)27-11-16-3-6-18(37-2)7-4-16/h3-9,19,22H,10-15H2,1-2H3,(H,27,36)(H,33,34)/t19-,22-/m0/s1. The maximum atomic E-state index is 13.5. The van der Waals surface area contributed by atoms with Crippen LogP contribution in [0.2, 0.25) is 0 Å². The Hall–Kier alpha value is -4.52. The summed E-state index contributed by atoms with van der Waals surface area (Å²) < 4.78 is 16.0. The van der Waals surface area contributed by atoms with Crippen LogP contribution in [0.25, 0.3) is 0 Å².